The fraction of sp³-hybridized carbons (Fsp3) is 0.545. The standard InChI is InChI=1S/C11H12Cl2N2O/c12-6-3-8(13)11(14-5-6)15-9-4-7-1-2-10(9)16-7/h3,5,7,9-10H,1-2,4H2,(H,14,15). The zero-order valence-corrected chi connectivity index (χ0v) is 10.1. The van der Waals surface area contributed by atoms with Gasteiger partial charge >= 0.3 is 0 Å². The van der Waals surface area contributed by atoms with Crippen molar-refractivity contribution in [1.29, 1.82) is 0 Å². The van der Waals surface area contributed by atoms with Crippen molar-refractivity contribution in [3.63, 3.8) is 0 Å². The maximum Gasteiger partial charge on any atom is 0.145 e. The molecule has 0 radical (unpaired) electrons. The minimum Gasteiger partial charge on any atom is -0.373 e. The van der Waals surface area contributed by atoms with Crippen LogP contribution in [0, 0.1) is 0 Å². The van der Waals surface area contributed by atoms with Crippen molar-refractivity contribution < 1.29 is 4.74 Å². The van der Waals surface area contributed by atoms with Gasteiger partial charge in [-0.25, -0.2) is 4.98 Å². The molecule has 0 amide bonds. The van der Waals surface area contributed by atoms with E-state index in [1.165, 1.54) is 6.42 Å². The molecule has 0 spiro atoms. The van der Waals surface area contributed by atoms with Gasteiger partial charge in [0.1, 0.15) is 5.82 Å². The molecule has 2 aliphatic rings. The van der Waals surface area contributed by atoms with Gasteiger partial charge in [-0.3, -0.25) is 0 Å². The number of ether oxygens (including phenoxy) is 1. The first-order chi connectivity index (χ1) is 7.72. The first kappa shape index (κ1) is 10.6. The highest BCUT2D eigenvalue weighted by molar-refractivity contribution is 6.35. The smallest absolute Gasteiger partial charge is 0.145 e. The van der Waals surface area contributed by atoms with Gasteiger partial charge in [-0.15, -0.1) is 0 Å². The Morgan fingerprint density at radius 3 is 2.88 bits per heavy atom. The summed E-state index contributed by atoms with van der Waals surface area (Å²) >= 11 is 11.9. The molecule has 3 nitrogen and oxygen atoms in total. The second kappa shape index (κ2) is 4.06. The van der Waals surface area contributed by atoms with E-state index < -0.39 is 0 Å². The van der Waals surface area contributed by atoms with Crippen molar-refractivity contribution in [2.24, 2.45) is 0 Å². The summed E-state index contributed by atoms with van der Waals surface area (Å²) in [5, 5.41) is 4.46. The van der Waals surface area contributed by atoms with Gasteiger partial charge in [0.15, 0.2) is 0 Å². The number of nitrogens with one attached hydrogen (secondary N) is 1. The van der Waals surface area contributed by atoms with Crippen molar-refractivity contribution in [3.8, 4) is 0 Å². The van der Waals surface area contributed by atoms with Crippen molar-refractivity contribution in [2.75, 3.05) is 5.32 Å². The predicted molar refractivity (Wildman–Crippen MR) is 64.2 cm³/mol. The Kier molecular flexibility index (Phi) is 2.70. The lowest BCUT2D eigenvalue weighted by Gasteiger charge is -2.21. The number of fused-ring (bicyclic) bond motifs is 2. The summed E-state index contributed by atoms with van der Waals surface area (Å²) in [5.74, 6) is 0.701. The third-order valence-electron chi connectivity index (χ3n) is 3.24. The lowest BCUT2D eigenvalue weighted by atomic mass is 9.95. The fourth-order valence-corrected chi connectivity index (χ4v) is 2.92. The van der Waals surface area contributed by atoms with Gasteiger partial charge in [-0.2, -0.15) is 0 Å². The molecule has 3 heterocycles. The molecule has 86 valence electrons. The third kappa shape index (κ3) is 1.88. The molecule has 2 fully saturated rings. The number of aromatic nitrogens is 1. The average Bonchev–Trinajstić information content (AvgIpc) is 2.84. The van der Waals surface area contributed by atoms with Gasteiger partial charge in [0, 0.05) is 6.20 Å². The molecule has 0 aromatic carbocycles. The van der Waals surface area contributed by atoms with E-state index in [9.17, 15) is 0 Å². The normalized spacial score (nSPS) is 32.0. The largest absolute Gasteiger partial charge is 0.373 e. The number of pyridine rings is 1. The van der Waals surface area contributed by atoms with E-state index in [1.807, 2.05) is 0 Å². The van der Waals surface area contributed by atoms with Crippen LogP contribution in [0.3, 0.4) is 0 Å². The predicted octanol–water partition coefficient (Wildman–Crippen LogP) is 3.12. The zero-order chi connectivity index (χ0) is 11.1. The molecule has 3 rings (SSSR count). The van der Waals surface area contributed by atoms with Crippen LogP contribution in [0.2, 0.25) is 10.0 Å². The summed E-state index contributed by atoms with van der Waals surface area (Å²) in [6, 6.07) is 2.04. The van der Waals surface area contributed by atoms with Crippen molar-refractivity contribution in [3.05, 3.63) is 22.3 Å². The van der Waals surface area contributed by atoms with E-state index in [0.717, 1.165) is 12.8 Å². The van der Waals surface area contributed by atoms with Crippen LogP contribution in [0.1, 0.15) is 19.3 Å². The minimum absolute atomic E-state index is 0.318. The second-order valence-electron chi connectivity index (χ2n) is 4.34. The van der Waals surface area contributed by atoms with E-state index >= 15 is 0 Å². The van der Waals surface area contributed by atoms with Crippen LogP contribution in [0.4, 0.5) is 5.82 Å². The van der Waals surface area contributed by atoms with Crippen LogP contribution in [-0.4, -0.2) is 23.2 Å². The molecule has 0 saturated carbocycles. The summed E-state index contributed by atoms with van der Waals surface area (Å²) in [4.78, 5) is 4.19. The molecule has 16 heavy (non-hydrogen) atoms. The maximum absolute atomic E-state index is 6.06. The number of anilines is 1. The summed E-state index contributed by atoms with van der Waals surface area (Å²) in [6.07, 6.45) is 5.71. The number of halogens is 2. The van der Waals surface area contributed by atoms with Crippen LogP contribution < -0.4 is 5.32 Å². The Morgan fingerprint density at radius 1 is 1.38 bits per heavy atom. The van der Waals surface area contributed by atoms with Gasteiger partial charge in [0.05, 0.1) is 28.3 Å². The van der Waals surface area contributed by atoms with Gasteiger partial charge in [0.25, 0.3) is 0 Å². The Labute approximate surface area is 104 Å². The first-order valence-electron chi connectivity index (χ1n) is 5.45. The molecule has 3 atom stereocenters. The molecule has 5 heteroatoms. The molecule has 1 N–H and O–H groups in total. The van der Waals surface area contributed by atoms with E-state index in [-0.39, 0.29) is 0 Å². The van der Waals surface area contributed by atoms with E-state index in [2.05, 4.69) is 10.3 Å². The molecular formula is C11H12Cl2N2O. The van der Waals surface area contributed by atoms with E-state index in [4.69, 9.17) is 27.9 Å². The van der Waals surface area contributed by atoms with E-state index in [0.29, 0.717) is 34.1 Å². The maximum atomic E-state index is 6.06. The van der Waals surface area contributed by atoms with Crippen molar-refractivity contribution in [2.45, 2.75) is 37.5 Å². The Balaban J connectivity index is 1.74. The van der Waals surface area contributed by atoms with Crippen LogP contribution in [0.5, 0.6) is 0 Å². The molecule has 1 aromatic rings. The zero-order valence-electron chi connectivity index (χ0n) is 8.62. The van der Waals surface area contributed by atoms with Gasteiger partial charge in [0.2, 0.25) is 0 Å². The lowest BCUT2D eigenvalue weighted by Crippen LogP contribution is -2.30. The van der Waals surface area contributed by atoms with Crippen LogP contribution >= 0.6 is 23.2 Å². The number of nitrogens with zero attached hydrogens (tertiary/aromatic N) is 1. The summed E-state index contributed by atoms with van der Waals surface area (Å²) in [6.45, 7) is 0. The van der Waals surface area contributed by atoms with Crippen molar-refractivity contribution >= 4 is 29.0 Å². The summed E-state index contributed by atoms with van der Waals surface area (Å²) in [7, 11) is 0. The molecule has 2 saturated heterocycles. The highest BCUT2D eigenvalue weighted by atomic mass is 35.5. The Hall–Kier alpha value is -0.510. The van der Waals surface area contributed by atoms with Crippen LogP contribution in [-0.2, 0) is 4.74 Å². The third-order valence-corrected chi connectivity index (χ3v) is 3.73. The Bertz CT molecular complexity index is 413. The summed E-state index contributed by atoms with van der Waals surface area (Å²) in [5.41, 5.74) is 0. The molecular weight excluding hydrogens is 247 g/mol. The monoisotopic (exact) mass is 258 g/mol. The van der Waals surface area contributed by atoms with Crippen molar-refractivity contribution in [1.82, 2.24) is 4.98 Å². The van der Waals surface area contributed by atoms with Crippen LogP contribution in [0.25, 0.3) is 0 Å². The second-order valence-corrected chi connectivity index (χ2v) is 5.19. The molecule has 3 unspecified atom stereocenters. The molecule has 1 aromatic heterocycles. The summed E-state index contributed by atoms with van der Waals surface area (Å²) < 4.78 is 5.76. The number of rotatable bonds is 2. The fourth-order valence-electron chi connectivity index (χ4n) is 2.49. The first-order valence-corrected chi connectivity index (χ1v) is 6.21. The SMILES string of the molecule is Clc1cnc(NC2CC3CCC2O3)c(Cl)c1. The highest BCUT2D eigenvalue weighted by Gasteiger charge is 2.40. The van der Waals surface area contributed by atoms with Gasteiger partial charge in [-0.1, -0.05) is 23.2 Å². The molecule has 2 bridgehead atoms. The average molecular weight is 259 g/mol. The Morgan fingerprint density at radius 2 is 2.25 bits per heavy atom. The minimum atomic E-state index is 0.318. The van der Waals surface area contributed by atoms with Gasteiger partial charge in [-0.05, 0) is 25.3 Å². The van der Waals surface area contributed by atoms with Gasteiger partial charge < -0.3 is 10.1 Å². The topological polar surface area (TPSA) is 34.2 Å². The van der Waals surface area contributed by atoms with Crippen LogP contribution in [0.15, 0.2) is 12.3 Å². The molecule has 0 aliphatic carbocycles. The lowest BCUT2D eigenvalue weighted by molar-refractivity contribution is 0.102. The quantitative estimate of drug-likeness (QED) is 0.886. The number of hydrogen-bond donors (Lipinski definition) is 1. The molecule has 2 aliphatic heterocycles. The number of hydrogen-bond acceptors (Lipinski definition) is 3. The van der Waals surface area contributed by atoms with E-state index in [1.54, 1.807) is 12.3 Å². The highest BCUT2D eigenvalue weighted by Crippen LogP contribution is 2.36.